The van der Waals surface area contributed by atoms with Crippen LogP contribution in [0.1, 0.15) is 200 Å². The molecule has 0 aromatic heterocycles. The monoisotopic (exact) mass is 606 g/mol. The molecule has 0 saturated carbocycles. The van der Waals surface area contributed by atoms with Crippen molar-refractivity contribution in [2.24, 2.45) is 0 Å². The zero-order valence-electron chi connectivity index (χ0n) is 29.0. The summed E-state index contributed by atoms with van der Waals surface area (Å²) in [7, 11) is 0. The number of allylic oxidation sites excluding steroid dienone is 3. The van der Waals surface area contributed by atoms with E-state index >= 15 is 0 Å². The van der Waals surface area contributed by atoms with Crippen molar-refractivity contribution < 1.29 is 15.0 Å². The largest absolute Gasteiger partial charge is 0.394 e. The van der Waals surface area contributed by atoms with Gasteiger partial charge in [0.2, 0.25) is 5.91 Å². The number of amides is 1. The van der Waals surface area contributed by atoms with Crippen molar-refractivity contribution in [1.82, 2.24) is 5.32 Å². The average Bonchev–Trinajstić information content (AvgIpc) is 3.01. The Morgan fingerprint density at radius 2 is 0.907 bits per heavy atom. The molecule has 254 valence electrons. The topological polar surface area (TPSA) is 69.6 Å². The van der Waals surface area contributed by atoms with Crippen LogP contribution < -0.4 is 5.32 Å². The molecule has 2 unspecified atom stereocenters. The van der Waals surface area contributed by atoms with E-state index < -0.39 is 12.1 Å². The Morgan fingerprint density at radius 1 is 0.535 bits per heavy atom. The Bertz CT molecular complexity index is 618. The molecule has 0 aromatic carbocycles. The SMILES string of the molecule is CCCCCCCCCCCCC/C=C/CC/C=C/C(O)C(CO)NC(=O)CCCCCCCCCCCCCCCC. The van der Waals surface area contributed by atoms with Gasteiger partial charge < -0.3 is 15.5 Å². The zero-order valence-corrected chi connectivity index (χ0v) is 29.0. The second-order valence-electron chi connectivity index (χ2n) is 13.0. The molecule has 4 heteroatoms. The predicted molar refractivity (Wildman–Crippen MR) is 189 cm³/mol. The highest BCUT2D eigenvalue weighted by Crippen LogP contribution is 2.14. The standard InChI is InChI=1S/C39H75NO3/c1-3-5-7-9-11-13-15-17-19-20-21-22-24-26-28-30-32-34-38(42)37(36-41)40-39(43)35-33-31-29-27-25-23-18-16-14-12-10-8-6-4-2/h24,26,32,34,37-38,41-42H,3-23,25,27-31,33,35-36H2,1-2H3,(H,40,43)/b26-24+,34-32+. The Labute approximate surface area is 269 Å². The molecule has 4 nitrogen and oxygen atoms in total. The third-order valence-electron chi connectivity index (χ3n) is 8.69. The maximum atomic E-state index is 12.3. The number of rotatable bonds is 34. The maximum Gasteiger partial charge on any atom is 0.220 e. The first kappa shape index (κ1) is 41.9. The molecular formula is C39H75NO3. The Kier molecular flexibility index (Phi) is 34.4. The van der Waals surface area contributed by atoms with Gasteiger partial charge in [0.05, 0.1) is 18.8 Å². The number of aliphatic hydroxyl groups excluding tert-OH is 2. The number of carbonyl (C=O) groups is 1. The number of hydrogen-bond acceptors (Lipinski definition) is 3. The lowest BCUT2D eigenvalue weighted by Gasteiger charge is -2.19. The van der Waals surface area contributed by atoms with Crippen LogP contribution in [-0.2, 0) is 4.79 Å². The minimum Gasteiger partial charge on any atom is -0.394 e. The summed E-state index contributed by atoms with van der Waals surface area (Å²) in [6.07, 6.45) is 44.1. The van der Waals surface area contributed by atoms with Gasteiger partial charge in [-0.25, -0.2) is 0 Å². The average molecular weight is 606 g/mol. The van der Waals surface area contributed by atoms with E-state index in [4.69, 9.17) is 0 Å². The van der Waals surface area contributed by atoms with Gasteiger partial charge in [0.25, 0.3) is 0 Å². The van der Waals surface area contributed by atoms with E-state index in [1.54, 1.807) is 6.08 Å². The van der Waals surface area contributed by atoms with Gasteiger partial charge in [-0.2, -0.15) is 0 Å². The van der Waals surface area contributed by atoms with Gasteiger partial charge in [-0.1, -0.05) is 186 Å². The van der Waals surface area contributed by atoms with E-state index in [1.165, 1.54) is 148 Å². The van der Waals surface area contributed by atoms with Gasteiger partial charge in [0.1, 0.15) is 0 Å². The molecule has 0 fully saturated rings. The van der Waals surface area contributed by atoms with Gasteiger partial charge in [-0.15, -0.1) is 0 Å². The van der Waals surface area contributed by atoms with E-state index in [0.717, 1.165) is 32.1 Å². The van der Waals surface area contributed by atoms with Crippen LogP contribution >= 0.6 is 0 Å². The molecule has 0 heterocycles. The van der Waals surface area contributed by atoms with Crippen LogP contribution in [0.3, 0.4) is 0 Å². The minimum absolute atomic E-state index is 0.0734. The quantitative estimate of drug-likeness (QED) is 0.0505. The lowest BCUT2D eigenvalue weighted by atomic mass is 10.0. The van der Waals surface area contributed by atoms with Crippen molar-refractivity contribution in [2.75, 3.05) is 6.61 Å². The number of hydrogen-bond donors (Lipinski definition) is 3. The summed E-state index contributed by atoms with van der Waals surface area (Å²) in [5.74, 6) is -0.0734. The van der Waals surface area contributed by atoms with Crippen molar-refractivity contribution in [3.05, 3.63) is 24.3 Å². The fourth-order valence-electron chi connectivity index (χ4n) is 5.72. The van der Waals surface area contributed by atoms with Crippen molar-refractivity contribution in [3.8, 4) is 0 Å². The van der Waals surface area contributed by atoms with Gasteiger partial charge in [0.15, 0.2) is 0 Å². The molecule has 43 heavy (non-hydrogen) atoms. The molecule has 0 aliphatic carbocycles. The maximum absolute atomic E-state index is 12.3. The van der Waals surface area contributed by atoms with Crippen LogP contribution in [0, 0.1) is 0 Å². The first-order chi connectivity index (χ1) is 21.2. The lowest BCUT2D eigenvalue weighted by molar-refractivity contribution is -0.123. The van der Waals surface area contributed by atoms with Crippen LogP contribution in [0.4, 0.5) is 0 Å². The third kappa shape index (κ3) is 32.1. The highest BCUT2D eigenvalue weighted by atomic mass is 16.3. The molecule has 0 bridgehead atoms. The third-order valence-corrected chi connectivity index (χ3v) is 8.69. The summed E-state index contributed by atoms with van der Waals surface area (Å²) in [6.45, 7) is 4.29. The summed E-state index contributed by atoms with van der Waals surface area (Å²) < 4.78 is 0. The van der Waals surface area contributed by atoms with Crippen LogP contribution in [0.5, 0.6) is 0 Å². The summed E-state index contributed by atoms with van der Waals surface area (Å²) in [6, 6.07) is -0.632. The Balaban J connectivity index is 3.64. The second kappa shape index (κ2) is 35.4. The molecule has 0 aliphatic rings. The van der Waals surface area contributed by atoms with Crippen LogP contribution in [0.15, 0.2) is 24.3 Å². The van der Waals surface area contributed by atoms with Gasteiger partial charge in [-0.3, -0.25) is 4.79 Å². The molecule has 0 rings (SSSR count). The molecule has 3 N–H and O–H groups in total. The van der Waals surface area contributed by atoms with Crippen molar-refractivity contribution >= 4 is 5.91 Å². The second-order valence-corrected chi connectivity index (χ2v) is 13.0. The van der Waals surface area contributed by atoms with Crippen LogP contribution in [0.2, 0.25) is 0 Å². The van der Waals surface area contributed by atoms with Gasteiger partial charge in [0, 0.05) is 6.42 Å². The van der Waals surface area contributed by atoms with E-state index in [2.05, 4.69) is 31.3 Å². The molecule has 0 aliphatic heterocycles. The number of unbranched alkanes of at least 4 members (excludes halogenated alkanes) is 25. The zero-order chi connectivity index (χ0) is 31.5. The fourth-order valence-corrected chi connectivity index (χ4v) is 5.72. The van der Waals surface area contributed by atoms with E-state index in [1.807, 2.05) is 6.08 Å². The van der Waals surface area contributed by atoms with Crippen LogP contribution in [-0.4, -0.2) is 34.9 Å². The first-order valence-electron chi connectivity index (χ1n) is 19.1. The lowest BCUT2D eigenvalue weighted by Crippen LogP contribution is -2.45. The van der Waals surface area contributed by atoms with Gasteiger partial charge >= 0.3 is 0 Å². The van der Waals surface area contributed by atoms with Crippen LogP contribution in [0.25, 0.3) is 0 Å². The van der Waals surface area contributed by atoms with E-state index in [0.29, 0.717) is 6.42 Å². The van der Waals surface area contributed by atoms with E-state index in [-0.39, 0.29) is 12.5 Å². The van der Waals surface area contributed by atoms with Crippen molar-refractivity contribution in [1.29, 1.82) is 0 Å². The first-order valence-corrected chi connectivity index (χ1v) is 19.1. The predicted octanol–water partition coefficient (Wildman–Crippen LogP) is 11.3. The van der Waals surface area contributed by atoms with Crippen molar-refractivity contribution in [3.63, 3.8) is 0 Å². The number of aliphatic hydroxyl groups is 2. The van der Waals surface area contributed by atoms with Crippen molar-refractivity contribution in [2.45, 2.75) is 212 Å². The van der Waals surface area contributed by atoms with Gasteiger partial charge in [-0.05, 0) is 32.1 Å². The molecule has 2 atom stereocenters. The molecule has 0 saturated heterocycles. The molecule has 0 spiro atoms. The Morgan fingerprint density at radius 3 is 1.35 bits per heavy atom. The summed E-state index contributed by atoms with van der Waals surface area (Å²) in [5.41, 5.74) is 0. The molecule has 0 radical (unpaired) electrons. The smallest absolute Gasteiger partial charge is 0.220 e. The normalized spacial score (nSPS) is 13.3. The summed E-state index contributed by atoms with van der Waals surface area (Å²) in [5, 5.41) is 22.9. The summed E-state index contributed by atoms with van der Waals surface area (Å²) >= 11 is 0. The molecule has 1 amide bonds. The summed E-state index contributed by atoms with van der Waals surface area (Å²) in [4.78, 5) is 12.3. The highest BCUT2D eigenvalue weighted by Gasteiger charge is 2.17. The number of nitrogens with one attached hydrogen (secondary N) is 1. The molecule has 0 aromatic rings. The molecular weight excluding hydrogens is 530 g/mol. The van der Waals surface area contributed by atoms with E-state index in [9.17, 15) is 15.0 Å². The fraction of sp³-hybridized carbons (Fsp3) is 0.872. The minimum atomic E-state index is -0.856. The number of carbonyl (C=O) groups excluding carboxylic acids is 1. The highest BCUT2D eigenvalue weighted by molar-refractivity contribution is 5.76. The Hall–Kier alpha value is -1.13.